The SMILES string of the molecule is CB(O)N1CCC(CC(=O)N2CCN(C(c3ccccc3)c3ccc(OCCN(C)C)cc3)C[C@@H]2C(C)(C)C)CC1. The molecule has 1 unspecified atom stereocenters. The van der Waals surface area contributed by atoms with Crippen molar-refractivity contribution in [1.29, 1.82) is 0 Å². The Morgan fingerprint density at radius 1 is 1.00 bits per heavy atom. The minimum absolute atomic E-state index is 0.0462. The van der Waals surface area contributed by atoms with Gasteiger partial charge in [0.2, 0.25) is 5.91 Å². The number of hydrogen-bond donors (Lipinski definition) is 1. The lowest BCUT2D eigenvalue weighted by molar-refractivity contribution is -0.141. The fourth-order valence-electron chi connectivity index (χ4n) is 6.32. The summed E-state index contributed by atoms with van der Waals surface area (Å²) in [6.07, 6.45) is 2.56. The molecule has 2 aliphatic rings. The lowest BCUT2D eigenvalue weighted by Crippen LogP contribution is -2.60. The van der Waals surface area contributed by atoms with E-state index >= 15 is 0 Å². The molecule has 0 bridgehead atoms. The summed E-state index contributed by atoms with van der Waals surface area (Å²) in [5.41, 5.74) is 2.47. The van der Waals surface area contributed by atoms with Crippen LogP contribution in [0.3, 0.4) is 0 Å². The summed E-state index contributed by atoms with van der Waals surface area (Å²) in [4.78, 5) is 22.7. The Kier molecular flexibility index (Phi) is 10.9. The molecule has 2 aromatic carbocycles. The minimum Gasteiger partial charge on any atom is -0.492 e. The minimum atomic E-state index is -0.408. The normalized spacial score (nSPS) is 20.3. The molecular formula is C33H51BN4O3. The van der Waals surface area contributed by atoms with Gasteiger partial charge in [0, 0.05) is 38.6 Å². The number of ether oxygens (including phenoxy) is 1. The Labute approximate surface area is 248 Å². The van der Waals surface area contributed by atoms with Gasteiger partial charge in [0.15, 0.2) is 0 Å². The van der Waals surface area contributed by atoms with Crippen LogP contribution in [0.1, 0.15) is 57.2 Å². The third kappa shape index (κ3) is 8.57. The van der Waals surface area contributed by atoms with E-state index in [-0.39, 0.29) is 23.4 Å². The van der Waals surface area contributed by atoms with Crippen molar-refractivity contribution in [1.82, 2.24) is 19.5 Å². The van der Waals surface area contributed by atoms with E-state index in [0.29, 0.717) is 18.9 Å². The molecule has 4 rings (SSSR count). The average molecular weight is 563 g/mol. The summed E-state index contributed by atoms with van der Waals surface area (Å²) >= 11 is 0. The summed E-state index contributed by atoms with van der Waals surface area (Å²) in [7, 11) is 3.70. The van der Waals surface area contributed by atoms with E-state index in [1.165, 1.54) is 11.1 Å². The fraction of sp³-hybridized carbons (Fsp3) is 0.606. The molecule has 2 fully saturated rings. The maximum atomic E-state index is 13.7. The highest BCUT2D eigenvalue weighted by atomic mass is 16.5. The monoisotopic (exact) mass is 562 g/mol. The molecule has 224 valence electrons. The molecule has 8 heteroatoms. The Balaban J connectivity index is 1.49. The first kappa shape index (κ1) is 31.5. The molecule has 1 amide bonds. The second kappa shape index (κ2) is 14.2. The molecule has 0 spiro atoms. The molecular weight excluding hydrogens is 511 g/mol. The number of amides is 1. The standard InChI is InChI=1S/C33H51BN4O3/c1-33(2,3)30-25-36(20-21-38(30)31(39)24-26-16-18-37(19-17-26)34(4)40)32(27-10-8-7-9-11-27)28-12-14-29(15-13-28)41-23-22-35(5)6/h7-15,26,30,32,40H,16-25H2,1-6H3/t30-,32?/m1/s1. The molecule has 2 atom stereocenters. The van der Waals surface area contributed by atoms with Gasteiger partial charge in [-0.3, -0.25) is 9.69 Å². The predicted octanol–water partition coefficient (Wildman–Crippen LogP) is 4.49. The smallest absolute Gasteiger partial charge is 0.376 e. The molecule has 0 aliphatic carbocycles. The van der Waals surface area contributed by atoms with Crippen molar-refractivity contribution in [2.24, 2.45) is 11.3 Å². The molecule has 41 heavy (non-hydrogen) atoms. The van der Waals surface area contributed by atoms with Gasteiger partial charge in [-0.15, -0.1) is 0 Å². The highest BCUT2D eigenvalue weighted by molar-refractivity contribution is 6.45. The van der Waals surface area contributed by atoms with Gasteiger partial charge >= 0.3 is 7.05 Å². The first-order valence-electron chi connectivity index (χ1n) is 15.4. The van der Waals surface area contributed by atoms with Crippen molar-refractivity contribution in [2.45, 2.75) is 58.9 Å². The first-order valence-corrected chi connectivity index (χ1v) is 15.4. The number of benzene rings is 2. The van der Waals surface area contributed by atoms with Crippen LogP contribution in [0.25, 0.3) is 0 Å². The fourth-order valence-corrected chi connectivity index (χ4v) is 6.32. The molecule has 7 nitrogen and oxygen atoms in total. The molecule has 0 radical (unpaired) electrons. The maximum Gasteiger partial charge on any atom is 0.376 e. The van der Waals surface area contributed by atoms with Crippen molar-refractivity contribution >= 4 is 13.0 Å². The van der Waals surface area contributed by atoms with E-state index in [1.54, 1.807) is 0 Å². The van der Waals surface area contributed by atoms with Crippen molar-refractivity contribution in [3.63, 3.8) is 0 Å². The van der Waals surface area contributed by atoms with Gasteiger partial charge in [0.05, 0.1) is 6.04 Å². The van der Waals surface area contributed by atoms with Gasteiger partial charge in [0.1, 0.15) is 12.4 Å². The number of likely N-dealkylation sites (N-methyl/N-ethyl adjacent to an activating group) is 1. The van der Waals surface area contributed by atoms with Crippen molar-refractivity contribution < 1.29 is 14.6 Å². The van der Waals surface area contributed by atoms with Crippen LogP contribution in [0.15, 0.2) is 54.6 Å². The lowest BCUT2D eigenvalue weighted by atomic mass is 9.80. The summed E-state index contributed by atoms with van der Waals surface area (Å²) in [5, 5.41) is 9.91. The molecule has 0 aromatic heterocycles. The number of carbonyl (C=O) groups is 1. The van der Waals surface area contributed by atoms with Gasteiger partial charge in [-0.05, 0) is 81.4 Å². The highest BCUT2D eigenvalue weighted by Gasteiger charge is 2.40. The highest BCUT2D eigenvalue weighted by Crippen LogP contribution is 2.36. The Bertz CT molecular complexity index is 1080. The second-order valence-corrected chi connectivity index (χ2v) is 13.3. The molecule has 0 saturated carbocycles. The van der Waals surface area contributed by atoms with Crippen LogP contribution in [-0.2, 0) is 4.79 Å². The number of carbonyl (C=O) groups excluding carboxylic acids is 1. The third-order valence-corrected chi connectivity index (χ3v) is 8.86. The summed E-state index contributed by atoms with van der Waals surface area (Å²) in [5.74, 6) is 1.58. The van der Waals surface area contributed by atoms with E-state index in [1.807, 2.05) is 6.82 Å². The van der Waals surface area contributed by atoms with Crippen molar-refractivity contribution in [3.8, 4) is 5.75 Å². The summed E-state index contributed by atoms with van der Waals surface area (Å²) in [6.45, 7) is 14.3. The van der Waals surface area contributed by atoms with Gasteiger partial charge in [-0.2, -0.15) is 0 Å². The molecule has 2 saturated heterocycles. The van der Waals surface area contributed by atoms with E-state index in [2.05, 4.69) is 109 Å². The van der Waals surface area contributed by atoms with Crippen molar-refractivity contribution in [3.05, 3.63) is 65.7 Å². The Morgan fingerprint density at radius 3 is 2.22 bits per heavy atom. The number of nitrogens with zero attached hydrogens (tertiary/aromatic N) is 4. The number of hydrogen-bond acceptors (Lipinski definition) is 6. The first-order chi connectivity index (χ1) is 19.5. The zero-order valence-electron chi connectivity index (χ0n) is 26.1. The van der Waals surface area contributed by atoms with E-state index in [9.17, 15) is 9.82 Å². The summed E-state index contributed by atoms with van der Waals surface area (Å²) < 4.78 is 5.97. The summed E-state index contributed by atoms with van der Waals surface area (Å²) in [6, 6.07) is 19.6. The van der Waals surface area contributed by atoms with Crippen molar-refractivity contribution in [2.75, 3.05) is 60.0 Å². The zero-order valence-corrected chi connectivity index (χ0v) is 26.1. The Morgan fingerprint density at radius 2 is 1.63 bits per heavy atom. The molecule has 1 N–H and O–H groups in total. The van der Waals surface area contributed by atoms with Gasteiger partial charge in [-0.1, -0.05) is 63.2 Å². The number of piperidine rings is 1. The third-order valence-electron chi connectivity index (χ3n) is 8.86. The van der Waals surface area contributed by atoms with Gasteiger partial charge in [-0.25, -0.2) is 0 Å². The largest absolute Gasteiger partial charge is 0.492 e. The van der Waals surface area contributed by atoms with E-state index in [0.717, 1.165) is 57.9 Å². The van der Waals surface area contributed by atoms with Crippen LogP contribution in [0, 0.1) is 11.3 Å². The maximum absolute atomic E-state index is 13.7. The molecule has 2 aromatic rings. The molecule has 2 aliphatic heterocycles. The topological polar surface area (TPSA) is 59.5 Å². The molecule has 2 heterocycles. The lowest BCUT2D eigenvalue weighted by Gasteiger charge is -2.50. The van der Waals surface area contributed by atoms with Crippen LogP contribution in [0.4, 0.5) is 0 Å². The quantitative estimate of drug-likeness (QED) is 0.431. The second-order valence-electron chi connectivity index (χ2n) is 13.3. The van der Waals surface area contributed by atoms with Gasteiger partial charge < -0.3 is 24.4 Å². The number of piperazine rings is 1. The van der Waals surface area contributed by atoms with Crippen LogP contribution in [0.2, 0.25) is 6.82 Å². The Hall–Kier alpha value is -2.39. The number of rotatable bonds is 10. The van der Waals surface area contributed by atoms with E-state index in [4.69, 9.17) is 4.74 Å². The zero-order chi connectivity index (χ0) is 29.6. The predicted molar refractivity (Wildman–Crippen MR) is 168 cm³/mol. The van der Waals surface area contributed by atoms with Gasteiger partial charge in [0.25, 0.3) is 0 Å². The van der Waals surface area contributed by atoms with Crippen LogP contribution >= 0.6 is 0 Å². The van der Waals surface area contributed by atoms with E-state index < -0.39 is 7.05 Å². The average Bonchev–Trinajstić information content (AvgIpc) is 2.94. The van der Waals surface area contributed by atoms with Crippen LogP contribution in [-0.4, -0.2) is 104 Å². The van der Waals surface area contributed by atoms with Crippen LogP contribution in [0.5, 0.6) is 5.75 Å². The van der Waals surface area contributed by atoms with Crippen LogP contribution < -0.4 is 4.74 Å².